The van der Waals surface area contributed by atoms with Crippen LogP contribution < -0.4 is 4.90 Å². The molecule has 2 atom stereocenters. The Morgan fingerprint density at radius 1 is 0.667 bits per heavy atom. The largest absolute Gasteiger partial charge is 0.466 e. The molecule has 4 nitrogen and oxygen atoms in total. The Kier molecular flexibility index (Phi) is 6.23. The third kappa shape index (κ3) is 4.09. The molecule has 0 fully saturated rings. The van der Waals surface area contributed by atoms with Crippen molar-refractivity contribution in [1.29, 1.82) is 0 Å². The second-order valence-electron chi connectivity index (χ2n) is 12.2. The number of H-pyrrole nitrogens is 1. The summed E-state index contributed by atoms with van der Waals surface area (Å²) < 4.78 is 14.9. The normalized spacial score (nSPS) is 17.5. The maximum absolute atomic E-state index is 7.00. The van der Waals surface area contributed by atoms with Crippen LogP contribution in [0.5, 0.6) is 0 Å². The van der Waals surface area contributed by atoms with Crippen LogP contribution in [-0.2, 0) is 5.54 Å². The van der Waals surface area contributed by atoms with E-state index >= 15 is 0 Å². The average molecular weight is 657 g/mol. The molecule has 0 saturated carbocycles. The molecular weight excluding hydrogens is 629 g/mol. The summed E-state index contributed by atoms with van der Waals surface area (Å²) in [6.45, 7) is 0. The zero-order valence-corrected chi connectivity index (χ0v) is 27.3. The Hall–Kier alpha value is -5.43. The quantitative estimate of drug-likeness (QED) is 0.193. The average Bonchev–Trinajstić information content (AvgIpc) is 3.96. The van der Waals surface area contributed by atoms with Gasteiger partial charge in [-0.2, -0.15) is 0 Å². The fraction of sp³-hybridized carbons (Fsp3) is 0.0476. The number of benzene rings is 5. The van der Waals surface area contributed by atoms with E-state index in [2.05, 4.69) is 149 Å². The van der Waals surface area contributed by atoms with Crippen molar-refractivity contribution >= 4 is 66.6 Å². The number of anilines is 2. The van der Waals surface area contributed by atoms with E-state index in [0.29, 0.717) is 0 Å². The number of furan rings is 2. The molecule has 1 aliphatic rings. The highest BCUT2D eigenvalue weighted by Crippen LogP contribution is 2.65. The van der Waals surface area contributed by atoms with E-state index < -0.39 is 5.54 Å². The minimum atomic E-state index is -0.917. The van der Waals surface area contributed by atoms with Crippen molar-refractivity contribution in [3.05, 3.63) is 180 Å². The zero-order valence-electron chi connectivity index (χ0n) is 25.7. The van der Waals surface area contributed by atoms with Crippen molar-refractivity contribution in [1.82, 2.24) is 4.98 Å². The Morgan fingerprint density at radius 2 is 1.46 bits per heavy atom. The lowest BCUT2D eigenvalue weighted by atomic mass is 9.77. The minimum absolute atomic E-state index is 0.185. The number of aromatic nitrogens is 1. The number of aromatic amines is 1. The molecule has 9 aromatic rings. The van der Waals surface area contributed by atoms with Crippen LogP contribution in [0.4, 0.5) is 11.5 Å². The van der Waals surface area contributed by atoms with Crippen LogP contribution in [0, 0.1) is 0 Å². The molecule has 1 N–H and O–H groups in total. The van der Waals surface area contributed by atoms with Crippen LogP contribution in [0.3, 0.4) is 0 Å². The lowest BCUT2D eigenvalue weighted by Gasteiger charge is -2.40. The van der Waals surface area contributed by atoms with Gasteiger partial charge in [0.15, 0.2) is 5.54 Å². The summed E-state index contributed by atoms with van der Waals surface area (Å²) in [6.07, 6.45) is 1.79. The second kappa shape index (κ2) is 10.8. The van der Waals surface area contributed by atoms with Crippen LogP contribution in [0.25, 0.3) is 32.0 Å². The lowest BCUT2D eigenvalue weighted by molar-refractivity contribution is 0.322. The van der Waals surface area contributed by atoms with Crippen molar-refractivity contribution in [2.24, 2.45) is 0 Å². The molecule has 5 heterocycles. The fourth-order valence-electron chi connectivity index (χ4n) is 7.53. The van der Waals surface area contributed by atoms with Gasteiger partial charge in [-0.25, -0.2) is 0 Å². The minimum Gasteiger partial charge on any atom is -0.466 e. The van der Waals surface area contributed by atoms with E-state index in [0.717, 1.165) is 44.9 Å². The van der Waals surface area contributed by atoms with Crippen molar-refractivity contribution in [3.63, 3.8) is 0 Å². The van der Waals surface area contributed by atoms with Gasteiger partial charge in [0.25, 0.3) is 0 Å². The van der Waals surface area contributed by atoms with Gasteiger partial charge in [0.2, 0.25) is 0 Å². The first kappa shape index (κ1) is 27.7. The number of rotatable bonds is 6. The Bertz CT molecular complexity index is 2480. The SMILES string of the molecule is c1ccc(Sc2cccc3c2C(c2cc4ccccc4s2)C(c2ccco2)(c2cc4ccccc4o2)N3c2cc3ccccc3[nH]2)cc1. The Balaban J connectivity index is 1.36. The molecule has 0 amide bonds. The van der Waals surface area contributed by atoms with E-state index in [4.69, 9.17) is 8.83 Å². The first-order chi connectivity index (χ1) is 23.8. The first-order valence-corrected chi connectivity index (χ1v) is 17.7. The molecule has 230 valence electrons. The molecule has 2 unspecified atom stereocenters. The topological polar surface area (TPSA) is 45.3 Å². The predicted molar refractivity (Wildman–Crippen MR) is 197 cm³/mol. The number of para-hydroxylation sites is 2. The standard InChI is InChI=1S/C42H28N2O2S2/c1-2-15-30(16-3-1)47-35-21-10-18-32-40(35)41(36-24-29-14-6-9-20-34(29)48-36)42(37-22-11-23-45-37,38-25-28-13-5-8-19-33(28)46-38)44(32)39-26-27-12-4-7-17-31(27)43-39/h1-26,41,43H. The molecule has 0 radical (unpaired) electrons. The van der Waals surface area contributed by atoms with Crippen LogP contribution in [-0.4, -0.2) is 4.98 Å². The summed E-state index contributed by atoms with van der Waals surface area (Å²) >= 11 is 3.65. The number of nitrogens with one attached hydrogen (secondary N) is 1. The van der Waals surface area contributed by atoms with Gasteiger partial charge >= 0.3 is 0 Å². The summed E-state index contributed by atoms with van der Waals surface area (Å²) in [5.41, 5.74) is 3.36. The molecule has 10 rings (SSSR count). The maximum Gasteiger partial charge on any atom is 0.174 e. The van der Waals surface area contributed by atoms with E-state index in [1.54, 1.807) is 18.0 Å². The third-order valence-electron chi connectivity index (χ3n) is 9.50. The third-order valence-corrected chi connectivity index (χ3v) is 11.8. The molecule has 0 saturated heterocycles. The molecule has 48 heavy (non-hydrogen) atoms. The monoisotopic (exact) mass is 656 g/mol. The highest BCUT2D eigenvalue weighted by atomic mass is 32.2. The molecule has 0 bridgehead atoms. The van der Waals surface area contributed by atoms with Crippen molar-refractivity contribution in [2.75, 3.05) is 4.90 Å². The van der Waals surface area contributed by atoms with Crippen molar-refractivity contribution in [3.8, 4) is 0 Å². The van der Waals surface area contributed by atoms with Gasteiger partial charge in [-0.3, -0.25) is 0 Å². The van der Waals surface area contributed by atoms with Gasteiger partial charge in [-0.05, 0) is 78.2 Å². The predicted octanol–water partition coefficient (Wildman–Crippen LogP) is 12.1. The summed E-state index contributed by atoms with van der Waals surface area (Å²) in [4.78, 5) is 9.89. The molecule has 1 aliphatic heterocycles. The van der Waals surface area contributed by atoms with Crippen molar-refractivity contribution in [2.45, 2.75) is 21.2 Å². The van der Waals surface area contributed by atoms with E-state index in [1.807, 2.05) is 23.5 Å². The Morgan fingerprint density at radius 3 is 2.27 bits per heavy atom. The summed E-state index contributed by atoms with van der Waals surface area (Å²) in [5, 5.41) is 3.43. The van der Waals surface area contributed by atoms with Crippen LogP contribution in [0.1, 0.15) is 27.9 Å². The molecule has 6 heteroatoms. The molecule has 5 aromatic carbocycles. The van der Waals surface area contributed by atoms with Crippen LogP contribution in [0.2, 0.25) is 0 Å². The fourth-order valence-corrected chi connectivity index (χ4v) is 9.80. The number of thiophene rings is 1. The van der Waals surface area contributed by atoms with E-state index in [-0.39, 0.29) is 5.92 Å². The Labute approximate surface area is 285 Å². The number of hydrogen-bond acceptors (Lipinski definition) is 5. The van der Waals surface area contributed by atoms with E-state index in [9.17, 15) is 0 Å². The number of fused-ring (bicyclic) bond motifs is 4. The first-order valence-electron chi connectivity index (χ1n) is 16.0. The summed E-state index contributed by atoms with van der Waals surface area (Å²) in [5.74, 6) is 2.43. The van der Waals surface area contributed by atoms with Gasteiger partial charge in [0.1, 0.15) is 22.9 Å². The second-order valence-corrected chi connectivity index (χ2v) is 14.4. The number of nitrogens with zero attached hydrogens (tertiary/aromatic N) is 1. The summed E-state index contributed by atoms with van der Waals surface area (Å²) in [7, 11) is 0. The maximum atomic E-state index is 7.00. The smallest absolute Gasteiger partial charge is 0.174 e. The highest BCUT2D eigenvalue weighted by Gasteiger charge is 2.61. The van der Waals surface area contributed by atoms with Gasteiger partial charge < -0.3 is 18.7 Å². The van der Waals surface area contributed by atoms with Gasteiger partial charge in [-0.15, -0.1) is 11.3 Å². The zero-order chi connectivity index (χ0) is 31.7. The highest BCUT2D eigenvalue weighted by molar-refractivity contribution is 7.99. The molecular formula is C42H28N2O2S2. The number of hydrogen-bond donors (Lipinski definition) is 1. The van der Waals surface area contributed by atoms with E-state index in [1.165, 1.54) is 30.3 Å². The van der Waals surface area contributed by atoms with Crippen molar-refractivity contribution < 1.29 is 8.83 Å². The molecule has 4 aromatic heterocycles. The van der Waals surface area contributed by atoms with Crippen LogP contribution in [0.15, 0.2) is 177 Å². The van der Waals surface area contributed by atoms with Crippen LogP contribution >= 0.6 is 23.1 Å². The summed E-state index contributed by atoms with van der Waals surface area (Å²) in [6, 6.07) is 53.7. The van der Waals surface area contributed by atoms with Gasteiger partial charge in [0, 0.05) is 46.9 Å². The lowest BCUT2D eigenvalue weighted by Crippen LogP contribution is -2.44. The van der Waals surface area contributed by atoms with Gasteiger partial charge in [0.05, 0.1) is 12.2 Å². The molecule has 0 aliphatic carbocycles. The van der Waals surface area contributed by atoms with Gasteiger partial charge in [-0.1, -0.05) is 90.6 Å². The molecule has 0 spiro atoms.